The van der Waals surface area contributed by atoms with E-state index < -0.39 is 5.97 Å². The summed E-state index contributed by atoms with van der Waals surface area (Å²) < 4.78 is 5.52. The highest BCUT2D eigenvalue weighted by Crippen LogP contribution is 2.26. The molecule has 0 radical (unpaired) electrons. The van der Waals surface area contributed by atoms with Gasteiger partial charge in [0.25, 0.3) is 0 Å². The fourth-order valence-electron chi connectivity index (χ4n) is 2.01. The van der Waals surface area contributed by atoms with Gasteiger partial charge in [-0.3, -0.25) is 0 Å². The molecule has 0 unspecified atom stereocenters. The maximum Gasteiger partial charge on any atom is 0.335 e. The lowest BCUT2D eigenvalue weighted by atomic mass is 10.1. The smallest absolute Gasteiger partial charge is 0.335 e. The molecule has 1 aromatic heterocycles. The highest BCUT2D eigenvalue weighted by molar-refractivity contribution is 7.13. The third kappa shape index (κ3) is 2.48. The summed E-state index contributed by atoms with van der Waals surface area (Å²) in [5.74, 6) is -0.0720. The summed E-state index contributed by atoms with van der Waals surface area (Å²) in [7, 11) is 0. The summed E-state index contributed by atoms with van der Waals surface area (Å²) in [6.07, 6.45) is 0. The molecule has 0 atom stereocenters. The van der Waals surface area contributed by atoms with E-state index in [1.807, 2.05) is 30.3 Å². The summed E-state index contributed by atoms with van der Waals surface area (Å²) in [6, 6.07) is 14.9. The van der Waals surface area contributed by atoms with Crippen molar-refractivity contribution >= 4 is 33.4 Å². The molecule has 5 heteroatoms. The van der Waals surface area contributed by atoms with Crippen LogP contribution in [0, 0.1) is 0 Å². The summed E-state index contributed by atoms with van der Waals surface area (Å²) in [4.78, 5) is 10.9. The van der Waals surface area contributed by atoms with Gasteiger partial charge in [-0.1, -0.05) is 24.3 Å². The van der Waals surface area contributed by atoms with Crippen molar-refractivity contribution in [1.29, 1.82) is 0 Å². The number of nitrogens with one attached hydrogen (secondary N) is 1. The standard InChI is InChI=1S/C15H12N2O2S/c18-15(19)11-5-3-4-10(8-11)9-16-14-12-6-1-2-7-13(12)20-17-14/h1-8H,9H2,(H,16,17)(H,18,19). The summed E-state index contributed by atoms with van der Waals surface area (Å²) >= 11 is 1.45. The molecule has 0 spiro atoms. The number of hydrogen-bond donors (Lipinski definition) is 2. The second-order valence-electron chi connectivity index (χ2n) is 4.39. The van der Waals surface area contributed by atoms with Crippen molar-refractivity contribution in [2.45, 2.75) is 6.54 Å². The maximum absolute atomic E-state index is 10.9. The number of hydrogen-bond acceptors (Lipinski definition) is 4. The Hall–Kier alpha value is -2.40. The number of rotatable bonds is 4. The Morgan fingerprint density at radius 2 is 2.05 bits per heavy atom. The van der Waals surface area contributed by atoms with Crippen LogP contribution in [0.15, 0.2) is 48.5 Å². The molecule has 0 fully saturated rings. The van der Waals surface area contributed by atoms with Gasteiger partial charge in [-0.15, -0.1) is 0 Å². The van der Waals surface area contributed by atoms with E-state index >= 15 is 0 Å². The number of anilines is 1. The number of carbonyl (C=O) groups is 1. The van der Waals surface area contributed by atoms with Gasteiger partial charge in [-0.2, -0.15) is 4.37 Å². The monoisotopic (exact) mass is 284 g/mol. The molecule has 0 aliphatic heterocycles. The van der Waals surface area contributed by atoms with E-state index in [-0.39, 0.29) is 0 Å². The number of nitrogens with zero attached hydrogens (tertiary/aromatic N) is 1. The minimum Gasteiger partial charge on any atom is -0.478 e. The minimum atomic E-state index is -0.911. The first-order valence-electron chi connectivity index (χ1n) is 6.14. The molecule has 0 amide bonds. The van der Waals surface area contributed by atoms with E-state index in [4.69, 9.17) is 5.11 Å². The number of benzene rings is 2. The van der Waals surface area contributed by atoms with E-state index in [1.54, 1.807) is 18.2 Å². The van der Waals surface area contributed by atoms with Crippen LogP contribution in [0.1, 0.15) is 15.9 Å². The molecule has 3 rings (SSSR count). The van der Waals surface area contributed by atoms with Crippen molar-refractivity contribution in [2.24, 2.45) is 0 Å². The van der Waals surface area contributed by atoms with Gasteiger partial charge in [0, 0.05) is 11.9 Å². The average molecular weight is 284 g/mol. The Bertz CT molecular complexity index is 767. The number of aromatic carboxylic acids is 1. The highest BCUT2D eigenvalue weighted by Gasteiger charge is 2.06. The van der Waals surface area contributed by atoms with Crippen LogP contribution < -0.4 is 5.32 Å². The molecule has 0 saturated carbocycles. The fraction of sp³-hybridized carbons (Fsp3) is 0.0667. The van der Waals surface area contributed by atoms with Gasteiger partial charge in [-0.25, -0.2) is 4.79 Å². The lowest BCUT2D eigenvalue weighted by Gasteiger charge is -2.05. The van der Waals surface area contributed by atoms with Gasteiger partial charge in [-0.05, 0) is 41.4 Å². The normalized spacial score (nSPS) is 10.6. The van der Waals surface area contributed by atoms with Crippen LogP contribution in [0.25, 0.3) is 10.1 Å². The van der Waals surface area contributed by atoms with E-state index in [1.165, 1.54) is 11.5 Å². The Morgan fingerprint density at radius 3 is 2.90 bits per heavy atom. The molecule has 3 aromatic rings. The van der Waals surface area contributed by atoms with Gasteiger partial charge < -0.3 is 10.4 Å². The zero-order chi connectivity index (χ0) is 13.9. The minimum absolute atomic E-state index is 0.299. The molecule has 20 heavy (non-hydrogen) atoms. The van der Waals surface area contributed by atoms with Crippen LogP contribution in [0.5, 0.6) is 0 Å². The third-order valence-electron chi connectivity index (χ3n) is 3.01. The maximum atomic E-state index is 10.9. The predicted octanol–water partition coefficient (Wildman–Crippen LogP) is 3.61. The summed E-state index contributed by atoms with van der Waals surface area (Å²) in [5, 5.41) is 13.3. The van der Waals surface area contributed by atoms with E-state index in [9.17, 15) is 4.79 Å². The van der Waals surface area contributed by atoms with Gasteiger partial charge in [0.2, 0.25) is 0 Å². The topological polar surface area (TPSA) is 62.2 Å². The summed E-state index contributed by atoms with van der Waals surface area (Å²) in [5.41, 5.74) is 1.22. The van der Waals surface area contributed by atoms with Crippen LogP contribution in [-0.4, -0.2) is 15.4 Å². The Kier molecular flexibility index (Phi) is 3.35. The SMILES string of the molecule is O=C(O)c1cccc(CNc2nsc3ccccc23)c1. The van der Waals surface area contributed by atoms with Crippen molar-refractivity contribution < 1.29 is 9.90 Å². The van der Waals surface area contributed by atoms with Crippen LogP contribution in [0.3, 0.4) is 0 Å². The molecule has 0 saturated heterocycles. The second kappa shape index (κ2) is 5.30. The van der Waals surface area contributed by atoms with Gasteiger partial charge in [0.05, 0.1) is 10.3 Å². The van der Waals surface area contributed by atoms with Crippen molar-refractivity contribution in [3.63, 3.8) is 0 Å². The molecule has 0 aliphatic carbocycles. The molecular weight excluding hydrogens is 272 g/mol. The van der Waals surface area contributed by atoms with Crippen LogP contribution in [-0.2, 0) is 6.54 Å². The number of fused-ring (bicyclic) bond motifs is 1. The molecule has 2 aromatic carbocycles. The highest BCUT2D eigenvalue weighted by atomic mass is 32.1. The Labute approximate surface area is 119 Å². The largest absolute Gasteiger partial charge is 0.478 e. The van der Waals surface area contributed by atoms with E-state index in [2.05, 4.69) is 9.69 Å². The van der Waals surface area contributed by atoms with Crippen molar-refractivity contribution in [2.75, 3.05) is 5.32 Å². The van der Waals surface area contributed by atoms with Crippen LogP contribution in [0.2, 0.25) is 0 Å². The van der Waals surface area contributed by atoms with Crippen molar-refractivity contribution in [1.82, 2.24) is 4.37 Å². The molecule has 0 aliphatic rings. The second-order valence-corrected chi connectivity index (χ2v) is 5.19. The lowest BCUT2D eigenvalue weighted by Crippen LogP contribution is -2.02. The molecule has 2 N–H and O–H groups in total. The molecule has 100 valence electrons. The zero-order valence-corrected chi connectivity index (χ0v) is 11.4. The van der Waals surface area contributed by atoms with E-state index in [0.717, 1.165) is 21.5 Å². The van der Waals surface area contributed by atoms with Crippen molar-refractivity contribution in [3.8, 4) is 0 Å². The quantitative estimate of drug-likeness (QED) is 0.768. The molecule has 1 heterocycles. The molecule has 4 nitrogen and oxygen atoms in total. The summed E-state index contributed by atoms with van der Waals surface area (Å²) in [6.45, 7) is 0.550. The number of aromatic nitrogens is 1. The van der Waals surface area contributed by atoms with E-state index in [0.29, 0.717) is 12.1 Å². The molecular formula is C15H12N2O2S. The number of carboxylic acids is 1. The molecule has 0 bridgehead atoms. The first kappa shape index (κ1) is 12.6. The zero-order valence-electron chi connectivity index (χ0n) is 10.5. The fourth-order valence-corrected chi connectivity index (χ4v) is 2.77. The van der Waals surface area contributed by atoms with Crippen molar-refractivity contribution in [3.05, 3.63) is 59.7 Å². The van der Waals surface area contributed by atoms with Crippen LogP contribution in [0.4, 0.5) is 5.82 Å². The third-order valence-corrected chi connectivity index (χ3v) is 3.84. The first-order chi connectivity index (χ1) is 9.74. The Balaban J connectivity index is 1.79. The van der Waals surface area contributed by atoms with Gasteiger partial charge >= 0.3 is 5.97 Å². The predicted molar refractivity (Wildman–Crippen MR) is 80.3 cm³/mol. The van der Waals surface area contributed by atoms with Gasteiger partial charge in [0.1, 0.15) is 5.82 Å². The average Bonchev–Trinajstić information content (AvgIpc) is 2.89. The van der Waals surface area contributed by atoms with Gasteiger partial charge in [0.15, 0.2) is 0 Å². The van der Waals surface area contributed by atoms with Crippen LogP contribution >= 0.6 is 11.5 Å². The number of carboxylic acid groups (broad SMARTS) is 1. The Morgan fingerprint density at radius 1 is 1.20 bits per heavy atom. The first-order valence-corrected chi connectivity index (χ1v) is 6.92. The lowest BCUT2D eigenvalue weighted by molar-refractivity contribution is 0.0697.